The summed E-state index contributed by atoms with van der Waals surface area (Å²) in [5.41, 5.74) is 1.20. The normalized spacial score (nSPS) is 18.3. The number of hydrogen-bond acceptors (Lipinski definition) is 7. The molecule has 0 saturated carbocycles. The lowest BCUT2D eigenvalue weighted by atomic mass is 9.90. The van der Waals surface area contributed by atoms with E-state index in [1.54, 1.807) is 48.2 Å². The van der Waals surface area contributed by atoms with Crippen LogP contribution in [0, 0.1) is 0 Å². The summed E-state index contributed by atoms with van der Waals surface area (Å²) in [7, 11) is 1.31. The van der Waals surface area contributed by atoms with Crippen molar-refractivity contribution in [3.05, 3.63) is 71.1 Å². The molecule has 170 valence electrons. The minimum absolute atomic E-state index is 0.0358. The number of phenolic OH excluding ortho intramolecular Hbond substituents is 1. The molecule has 1 unspecified atom stereocenters. The number of ether oxygens (including phenoxy) is 2. The fourth-order valence-electron chi connectivity index (χ4n) is 3.85. The molecule has 1 atom stereocenters. The second-order valence-electron chi connectivity index (χ2n) is 8.17. The van der Waals surface area contributed by atoms with Gasteiger partial charge in [0, 0.05) is 18.7 Å². The van der Waals surface area contributed by atoms with E-state index in [0.717, 1.165) is 5.56 Å². The summed E-state index contributed by atoms with van der Waals surface area (Å²) in [6, 6.07) is 13.6. The third kappa shape index (κ3) is 5.22. The van der Waals surface area contributed by atoms with Crippen molar-refractivity contribution in [3.63, 3.8) is 0 Å². The summed E-state index contributed by atoms with van der Waals surface area (Å²) in [5, 5.41) is 20.3. The third-order valence-electron chi connectivity index (χ3n) is 5.52. The highest BCUT2D eigenvalue weighted by Crippen LogP contribution is 2.35. The molecule has 2 N–H and O–H groups in total. The first kappa shape index (κ1) is 23.2. The predicted molar refractivity (Wildman–Crippen MR) is 121 cm³/mol. The van der Waals surface area contributed by atoms with Gasteiger partial charge in [0.2, 0.25) is 0 Å². The number of aryl methyl sites for hydroxylation is 1. The highest BCUT2D eigenvalue weighted by molar-refractivity contribution is 5.95. The lowest BCUT2D eigenvalue weighted by molar-refractivity contribution is -0.157. The molecule has 1 aliphatic rings. The molecule has 1 heterocycles. The quantitative estimate of drug-likeness (QED) is 0.585. The molecule has 2 aromatic carbocycles. The van der Waals surface area contributed by atoms with Crippen molar-refractivity contribution >= 4 is 17.6 Å². The SMILES string of the molecule is CCCN(C1=C(O)CC(C)(CCc2ccc(O)cc2)OC1=O)c1cccc(C(=O)OC)c1. The van der Waals surface area contributed by atoms with Gasteiger partial charge in [0.15, 0.2) is 5.70 Å². The van der Waals surface area contributed by atoms with Gasteiger partial charge in [0.1, 0.15) is 17.1 Å². The van der Waals surface area contributed by atoms with Crippen molar-refractivity contribution in [2.24, 2.45) is 0 Å². The number of methoxy groups -OCH3 is 1. The Morgan fingerprint density at radius 3 is 2.53 bits per heavy atom. The van der Waals surface area contributed by atoms with Crippen molar-refractivity contribution in [1.29, 1.82) is 0 Å². The number of aromatic hydroxyl groups is 1. The van der Waals surface area contributed by atoms with Gasteiger partial charge in [-0.3, -0.25) is 0 Å². The number of carbonyl (C=O) groups is 2. The minimum atomic E-state index is -0.853. The number of aliphatic hydroxyl groups is 1. The number of benzene rings is 2. The Kier molecular flexibility index (Phi) is 7.08. The molecule has 0 radical (unpaired) electrons. The molecule has 7 heteroatoms. The Morgan fingerprint density at radius 1 is 1.19 bits per heavy atom. The Bertz CT molecular complexity index is 1010. The Hall–Kier alpha value is -3.48. The van der Waals surface area contributed by atoms with Crippen LogP contribution in [0.2, 0.25) is 0 Å². The van der Waals surface area contributed by atoms with Crippen molar-refractivity contribution in [1.82, 2.24) is 0 Å². The van der Waals surface area contributed by atoms with E-state index in [1.165, 1.54) is 7.11 Å². The van der Waals surface area contributed by atoms with Crippen LogP contribution in [0.4, 0.5) is 5.69 Å². The van der Waals surface area contributed by atoms with Crippen LogP contribution in [0.5, 0.6) is 5.75 Å². The molecule has 7 nitrogen and oxygen atoms in total. The van der Waals surface area contributed by atoms with Gasteiger partial charge in [-0.05, 0) is 62.1 Å². The standard InChI is InChI=1S/C25H29NO6/c1-4-14-26(19-7-5-6-18(15-19)23(29)31-3)22-21(28)16-25(2,32-24(22)30)13-12-17-8-10-20(27)11-9-17/h5-11,15,27-28H,4,12-14,16H2,1-3H3. The van der Waals surface area contributed by atoms with Crippen molar-refractivity contribution in [2.45, 2.75) is 45.1 Å². The molecule has 2 aromatic rings. The molecule has 0 aromatic heterocycles. The summed E-state index contributed by atoms with van der Waals surface area (Å²) in [5.74, 6) is -0.915. The van der Waals surface area contributed by atoms with Crippen LogP contribution in [0.15, 0.2) is 60.0 Å². The topological polar surface area (TPSA) is 96.3 Å². The zero-order valence-electron chi connectivity index (χ0n) is 18.6. The predicted octanol–water partition coefficient (Wildman–Crippen LogP) is 4.50. The number of aliphatic hydroxyl groups excluding tert-OH is 1. The van der Waals surface area contributed by atoms with E-state index in [0.29, 0.717) is 37.1 Å². The fraction of sp³-hybridized carbons (Fsp3) is 0.360. The maximum Gasteiger partial charge on any atom is 0.359 e. The number of carbonyl (C=O) groups excluding carboxylic acids is 2. The number of cyclic esters (lactones) is 1. The van der Waals surface area contributed by atoms with E-state index in [9.17, 15) is 19.8 Å². The molecular formula is C25H29NO6. The first-order valence-corrected chi connectivity index (χ1v) is 10.7. The molecule has 0 fully saturated rings. The van der Waals surface area contributed by atoms with Gasteiger partial charge in [-0.15, -0.1) is 0 Å². The van der Waals surface area contributed by atoms with Crippen LogP contribution in [-0.4, -0.2) is 41.4 Å². The molecule has 32 heavy (non-hydrogen) atoms. The Morgan fingerprint density at radius 2 is 1.91 bits per heavy atom. The second kappa shape index (κ2) is 9.77. The molecule has 0 aliphatic carbocycles. The minimum Gasteiger partial charge on any atom is -0.510 e. The summed E-state index contributed by atoms with van der Waals surface area (Å²) >= 11 is 0. The van der Waals surface area contributed by atoms with Crippen LogP contribution in [0.1, 0.15) is 49.0 Å². The third-order valence-corrected chi connectivity index (χ3v) is 5.52. The molecule has 1 aliphatic heterocycles. The van der Waals surface area contributed by atoms with E-state index in [-0.39, 0.29) is 23.6 Å². The molecule has 0 saturated heterocycles. The van der Waals surface area contributed by atoms with Crippen LogP contribution >= 0.6 is 0 Å². The summed E-state index contributed by atoms with van der Waals surface area (Å²) in [6.07, 6.45) is 2.05. The van der Waals surface area contributed by atoms with E-state index < -0.39 is 17.5 Å². The van der Waals surface area contributed by atoms with E-state index in [4.69, 9.17) is 9.47 Å². The fourth-order valence-corrected chi connectivity index (χ4v) is 3.85. The smallest absolute Gasteiger partial charge is 0.359 e. The molecule has 3 rings (SSSR count). The summed E-state index contributed by atoms with van der Waals surface area (Å²) in [4.78, 5) is 26.7. The number of phenols is 1. The van der Waals surface area contributed by atoms with E-state index in [1.807, 2.05) is 19.1 Å². The average Bonchev–Trinajstić information content (AvgIpc) is 2.77. The average molecular weight is 440 g/mol. The number of anilines is 1. The first-order valence-electron chi connectivity index (χ1n) is 10.7. The molecular weight excluding hydrogens is 410 g/mol. The molecule has 0 amide bonds. The first-order chi connectivity index (χ1) is 15.3. The lowest BCUT2D eigenvalue weighted by Crippen LogP contribution is -2.43. The van der Waals surface area contributed by atoms with Gasteiger partial charge in [-0.25, -0.2) is 9.59 Å². The highest BCUT2D eigenvalue weighted by Gasteiger charge is 2.40. The van der Waals surface area contributed by atoms with E-state index in [2.05, 4.69) is 0 Å². The maximum atomic E-state index is 13.0. The number of nitrogens with zero attached hydrogens (tertiary/aromatic N) is 1. The number of esters is 2. The number of hydrogen-bond donors (Lipinski definition) is 2. The zero-order chi connectivity index (χ0) is 23.3. The van der Waals surface area contributed by atoms with Crippen molar-refractivity contribution < 1.29 is 29.3 Å². The van der Waals surface area contributed by atoms with Gasteiger partial charge >= 0.3 is 11.9 Å². The monoisotopic (exact) mass is 439 g/mol. The van der Waals surface area contributed by atoms with Gasteiger partial charge in [0.05, 0.1) is 12.7 Å². The largest absolute Gasteiger partial charge is 0.510 e. The van der Waals surface area contributed by atoms with Gasteiger partial charge in [0.25, 0.3) is 0 Å². The van der Waals surface area contributed by atoms with Crippen LogP contribution in [0.3, 0.4) is 0 Å². The lowest BCUT2D eigenvalue weighted by Gasteiger charge is -2.37. The Balaban J connectivity index is 1.85. The van der Waals surface area contributed by atoms with Crippen LogP contribution < -0.4 is 4.90 Å². The van der Waals surface area contributed by atoms with Gasteiger partial charge in [-0.1, -0.05) is 25.1 Å². The van der Waals surface area contributed by atoms with Gasteiger partial charge in [-0.2, -0.15) is 0 Å². The summed E-state index contributed by atoms with van der Waals surface area (Å²) in [6.45, 7) is 4.23. The van der Waals surface area contributed by atoms with Gasteiger partial charge < -0.3 is 24.6 Å². The van der Waals surface area contributed by atoms with Crippen molar-refractivity contribution in [3.8, 4) is 5.75 Å². The zero-order valence-corrected chi connectivity index (χ0v) is 18.6. The van der Waals surface area contributed by atoms with Crippen LogP contribution in [0.25, 0.3) is 0 Å². The van der Waals surface area contributed by atoms with Crippen molar-refractivity contribution in [2.75, 3.05) is 18.6 Å². The Labute approximate surface area is 187 Å². The van der Waals surface area contributed by atoms with Crippen LogP contribution in [-0.2, 0) is 20.7 Å². The highest BCUT2D eigenvalue weighted by atomic mass is 16.6. The second-order valence-corrected chi connectivity index (χ2v) is 8.17. The van der Waals surface area contributed by atoms with E-state index >= 15 is 0 Å². The maximum absolute atomic E-state index is 13.0. The molecule has 0 bridgehead atoms. The number of rotatable bonds is 8. The summed E-state index contributed by atoms with van der Waals surface area (Å²) < 4.78 is 10.6. The molecule has 0 spiro atoms.